The topological polar surface area (TPSA) is 33.1 Å². The summed E-state index contributed by atoms with van der Waals surface area (Å²) in [7, 11) is 0. The fourth-order valence-corrected chi connectivity index (χ4v) is 2.77. The predicted octanol–water partition coefficient (Wildman–Crippen LogP) is 1.23. The van der Waals surface area contributed by atoms with E-state index < -0.39 is 0 Å². The zero-order valence-corrected chi connectivity index (χ0v) is 10.6. The largest absolute Gasteiger partial charge is 0.307 e. The van der Waals surface area contributed by atoms with E-state index in [9.17, 15) is 0 Å². The van der Waals surface area contributed by atoms with Gasteiger partial charge in [-0.25, -0.2) is 0 Å². The van der Waals surface area contributed by atoms with Gasteiger partial charge < -0.3 is 5.32 Å². The van der Waals surface area contributed by atoms with Gasteiger partial charge in [-0.05, 0) is 32.3 Å². The molecule has 0 aromatic carbocycles. The van der Waals surface area contributed by atoms with Crippen LogP contribution in [0.3, 0.4) is 0 Å². The molecule has 1 aliphatic heterocycles. The van der Waals surface area contributed by atoms with E-state index >= 15 is 0 Å². The molecule has 0 spiro atoms. The van der Waals surface area contributed by atoms with Gasteiger partial charge in [-0.1, -0.05) is 0 Å². The van der Waals surface area contributed by atoms with Crippen LogP contribution >= 0.6 is 0 Å². The Bertz CT molecular complexity index is 369. The third-order valence-corrected chi connectivity index (χ3v) is 3.96. The van der Waals surface area contributed by atoms with E-state index in [4.69, 9.17) is 0 Å². The summed E-state index contributed by atoms with van der Waals surface area (Å²) in [5, 5.41) is 7.97. The maximum atomic E-state index is 4.30. The average molecular weight is 234 g/mol. The molecule has 1 aromatic heterocycles. The summed E-state index contributed by atoms with van der Waals surface area (Å²) in [6, 6.07) is 3.71. The minimum atomic E-state index is 0.677. The van der Waals surface area contributed by atoms with Gasteiger partial charge in [0.2, 0.25) is 0 Å². The Labute approximate surface area is 103 Å². The van der Waals surface area contributed by atoms with Gasteiger partial charge in [-0.3, -0.25) is 9.58 Å². The predicted molar refractivity (Wildman–Crippen MR) is 67.7 cm³/mol. The molecule has 1 saturated carbocycles. The van der Waals surface area contributed by atoms with Crippen molar-refractivity contribution in [3.63, 3.8) is 0 Å². The van der Waals surface area contributed by atoms with Gasteiger partial charge in [-0.2, -0.15) is 5.10 Å². The molecular formula is C13H22N4. The molecule has 4 heteroatoms. The van der Waals surface area contributed by atoms with Gasteiger partial charge in [0.15, 0.2) is 0 Å². The van der Waals surface area contributed by atoms with Crippen LogP contribution in [0.1, 0.15) is 31.9 Å². The van der Waals surface area contributed by atoms with Crippen molar-refractivity contribution in [3.8, 4) is 0 Å². The molecule has 1 atom stereocenters. The maximum Gasteiger partial charge on any atom is 0.0522 e. The van der Waals surface area contributed by atoms with Gasteiger partial charge in [0.05, 0.1) is 5.69 Å². The first-order chi connectivity index (χ1) is 8.36. The number of rotatable bonds is 5. The van der Waals surface area contributed by atoms with Crippen LogP contribution in [0.2, 0.25) is 0 Å². The lowest BCUT2D eigenvalue weighted by atomic mass is 10.2. The quantitative estimate of drug-likeness (QED) is 0.832. The molecule has 1 saturated heterocycles. The minimum absolute atomic E-state index is 0.677. The van der Waals surface area contributed by atoms with Gasteiger partial charge in [-0.15, -0.1) is 0 Å². The van der Waals surface area contributed by atoms with Crippen molar-refractivity contribution in [2.75, 3.05) is 13.1 Å². The summed E-state index contributed by atoms with van der Waals surface area (Å²) >= 11 is 0. The molecular weight excluding hydrogens is 212 g/mol. The van der Waals surface area contributed by atoms with Crippen LogP contribution in [0.5, 0.6) is 0 Å². The Hall–Kier alpha value is -0.870. The van der Waals surface area contributed by atoms with Crippen molar-refractivity contribution in [1.82, 2.24) is 20.0 Å². The fraction of sp³-hybridized carbons (Fsp3) is 0.769. The van der Waals surface area contributed by atoms with E-state index in [1.807, 2.05) is 6.20 Å². The number of aromatic nitrogens is 2. The van der Waals surface area contributed by atoms with Crippen molar-refractivity contribution in [3.05, 3.63) is 18.0 Å². The number of likely N-dealkylation sites (tertiary alicyclic amines) is 1. The SMILES string of the molecule is CCn1nccc1CNC1CCN(C2CC2)C1. The summed E-state index contributed by atoms with van der Waals surface area (Å²) in [6.07, 6.45) is 6.05. The van der Waals surface area contributed by atoms with E-state index in [0.717, 1.165) is 19.1 Å². The third-order valence-electron chi connectivity index (χ3n) is 3.96. The van der Waals surface area contributed by atoms with E-state index in [1.54, 1.807) is 0 Å². The van der Waals surface area contributed by atoms with Crippen LogP contribution in [0.25, 0.3) is 0 Å². The Balaban J connectivity index is 1.48. The van der Waals surface area contributed by atoms with Gasteiger partial charge in [0, 0.05) is 44.5 Å². The number of hydrogen-bond donors (Lipinski definition) is 1. The maximum absolute atomic E-state index is 4.30. The number of hydrogen-bond acceptors (Lipinski definition) is 3. The first kappa shape index (κ1) is 11.2. The van der Waals surface area contributed by atoms with E-state index in [2.05, 4.69) is 33.0 Å². The molecule has 2 heterocycles. The highest BCUT2D eigenvalue weighted by atomic mass is 15.3. The van der Waals surface area contributed by atoms with Crippen molar-refractivity contribution < 1.29 is 0 Å². The van der Waals surface area contributed by atoms with Crippen LogP contribution in [0.4, 0.5) is 0 Å². The molecule has 1 aromatic rings. The molecule has 3 rings (SSSR count). The Morgan fingerprint density at radius 1 is 1.41 bits per heavy atom. The molecule has 17 heavy (non-hydrogen) atoms. The smallest absolute Gasteiger partial charge is 0.0522 e. The summed E-state index contributed by atoms with van der Waals surface area (Å²) in [5.41, 5.74) is 1.30. The first-order valence-corrected chi connectivity index (χ1v) is 6.85. The zero-order chi connectivity index (χ0) is 11.7. The van der Waals surface area contributed by atoms with E-state index in [-0.39, 0.29) is 0 Å². The molecule has 94 valence electrons. The number of aryl methyl sites for hydroxylation is 1. The highest BCUT2D eigenvalue weighted by Crippen LogP contribution is 2.29. The van der Waals surface area contributed by atoms with Crippen molar-refractivity contribution in [2.24, 2.45) is 0 Å². The second-order valence-corrected chi connectivity index (χ2v) is 5.23. The van der Waals surface area contributed by atoms with E-state index in [0.29, 0.717) is 6.04 Å². The lowest BCUT2D eigenvalue weighted by Crippen LogP contribution is -2.33. The summed E-state index contributed by atoms with van der Waals surface area (Å²) in [6.45, 7) is 6.58. The van der Waals surface area contributed by atoms with Crippen molar-refractivity contribution in [2.45, 2.75) is 51.4 Å². The first-order valence-electron chi connectivity index (χ1n) is 6.85. The third kappa shape index (κ3) is 2.53. The molecule has 0 bridgehead atoms. The highest BCUT2D eigenvalue weighted by Gasteiger charge is 2.34. The summed E-state index contributed by atoms with van der Waals surface area (Å²) < 4.78 is 2.07. The molecule has 1 N–H and O–H groups in total. The minimum Gasteiger partial charge on any atom is -0.307 e. The average Bonchev–Trinajstić information content (AvgIpc) is 2.93. The lowest BCUT2D eigenvalue weighted by molar-refractivity contribution is 0.317. The Morgan fingerprint density at radius 3 is 3.06 bits per heavy atom. The summed E-state index contributed by atoms with van der Waals surface area (Å²) in [4.78, 5) is 2.65. The molecule has 0 amide bonds. The second-order valence-electron chi connectivity index (χ2n) is 5.23. The molecule has 0 radical (unpaired) electrons. The number of nitrogens with one attached hydrogen (secondary N) is 1. The van der Waals surface area contributed by atoms with Gasteiger partial charge in [0.1, 0.15) is 0 Å². The van der Waals surface area contributed by atoms with Crippen molar-refractivity contribution in [1.29, 1.82) is 0 Å². The van der Waals surface area contributed by atoms with Crippen molar-refractivity contribution >= 4 is 0 Å². The molecule has 2 fully saturated rings. The molecule has 1 aliphatic carbocycles. The molecule has 1 unspecified atom stereocenters. The summed E-state index contributed by atoms with van der Waals surface area (Å²) in [5.74, 6) is 0. The van der Waals surface area contributed by atoms with Crippen LogP contribution in [0, 0.1) is 0 Å². The van der Waals surface area contributed by atoms with E-state index in [1.165, 1.54) is 38.0 Å². The Kier molecular flexibility index (Phi) is 3.16. The van der Waals surface area contributed by atoms with Gasteiger partial charge in [0.25, 0.3) is 0 Å². The number of nitrogens with zero attached hydrogens (tertiary/aromatic N) is 3. The Morgan fingerprint density at radius 2 is 2.29 bits per heavy atom. The molecule has 4 nitrogen and oxygen atoms in total. The highest BCUT2D eigenvalue weighted by molar-refractivity contribution is 5.01. The monoisotopic (exact) mass is 234 g/mol. The zero-order valence-electron chi connectivity index (χ0n) is 10.6. The van der Waals surface area contributed by atoms with Crippen LogP contribution < -0.4 is 5.32 Å². The van der Waals surface area contributed by atoms with Crippen LogP contribution in [0.15, 0.2) is 12.3 Å². The van der Waals surface area contributed by atoms with Gasteiger partial charge >= 0.3 is 0 Å². The standard InChI is InChI=1S/C13H22N4/c1-2-17-13(5-7-15-17)9-14-11-6-8-16(10-11)12-3-4-12/h5,7,11-12,14H,2-4,6,8-10H2,1H3. The lowest BCUT2D eigenvalue weighted by Gasteiger charge is -2.16. The van der Waals surface area contributed by atoms with Crippen LogP contribution in [-0.2, 0) is 13.1 Å². The van der Waals surface area contributed by atoms with Crippen LogP contribution in [-0.4, -0.2) is 39.9 Å². The second kappa shape index (κ2) is 4.78. The normalized spacial score (nSPS) is 25.6. The fourth-order valence-electron chi connectivity index (χ4n) is 2.77. The molecule has 2 aliphatic rings.